The zero-order chi connectivity index (χ0) is 14.5. The van der Waals surface area contributed by atoms with Gasteiger partial charge in [-0.15, -0.1) is 0 Å². The molecule has 0 bridgehead atoms. The van der Waals surface area contributed by atoms with Crippen molar-refractivity contribution in [2.24, 2.45) is 0 Å². The van der Waals surface area contributed by atoms with Crippen LogP contribution in [0.25, 0.3) is 0 Å². The lowest BCUT2D eigenvalue weighted by Crippen LogP contribution is -2.17. The van der Waals surface area contributed by atoms with E-state index in [-0.39, 0.29) is 6.10 Å². The molecular formula is C14H19N5O. The average Bonchev–Trinajstić information content (AvgIpc) is 2.46. The highest BCUT2D eigenvalue weighted by Crippen LogP contribution is 2.22. The molecule has 0 atom stereocenters. The number of benzene rings is 1. The zero-order valence-corrected chi connectivity index (χ0v) is 12.2. The Kier molecular flexibility index (Phi) is 4.34. The summed E-state index contributed by atoms with van der Waals surface area (Å²) in [5, 5.41) is 2.92. The molecule has 0 aliphatic rings. The summed E-state index contributed by atoms with van der Waals surface area (Å²) in [4.78, 5) is 14.8. The summed E-state index contributed by atoms with van der Waals surface area (Å²) in [5.74, 6) is 1.01. The number of hydrogen-bond donors (Lipinski definition) is 1. The highest BCUT2D eigenvalue weighted by Gasteiger charge is 2.12. The van der Waals surface area contributed by atoms with E-state index in [1.54, 1.807) is 7.05 Å². The van der Waals surface area contributed by atoms with Crippen molar-refractivity contribution in [1.29, 1.82) is 0 Å². The Hall–Kier alpha value is -2.37. The summed E-state index contributed by atoms with van der Waals surface area (Å²) >= 11 is 0. The van der Waals surface area contributed by atoms with Gasteiger partial charge in [-0.05, 0) is 26.0 Å². The molecule has 1 N–H and O–H groups in total. The standard InChI is InChI=1S/C14H19N5O/c1-10(2)20-14-17-12(15-3)16-13(18-14)19(4)11-8-6-5-7-9-11/h5-10H,1-4H3,(H,15,16,17,18). The van der Waals surface area contributed by atoms with Crippen molar-refractivity contribution in [3.05, 3.63) is 30.3 Å². The third kappa shape index (κ3) is 3.34. The summed E-state index contributed by atoms with van der Waals surface area (Å²) in [6.07, 6.45) is 0.0111. The lowest BCUT2D eigenvalue weighted by Gasteiger charge is -2.18. The number of nitrogens with one attached hydrogen (secondary N) is 1. The molecule has 20 heavy (non-hydrogen) atoms. The van der Waals surface area contributed by atoms with Crippen molar-refractivity contribution in [3.8, 4) is 6.01 Å². The Labute approximate surface area is 118 Å². The SMILES string of the molecule is CNc1nc(OC(C)C)nc(N(C)c2ccccc2)n1. The van der Waals surface area contributed by atoms with Gasteiger partial charge in [0.05, 0.1) is 6.10 Å². The van der Waals surface area contributed by atoms with Gasteiger partial charge >= 0.3 is 6.01 Å². The van der Waals surface area contributed by atoms with Crippen LogP contribution in [0.5, 0.6) is 6.01 Å². The van der Waals surface area contributed by atoms with Gasteiger partial charge in [0.15, 0.2) is 0 Å². The molecule has 0 unspecified atom stereocenters. The second-order valence-corrected chi connectivity index (χ2v) is 4.55. The molecule has 2 rings (SSSR count). The van der Waals surface area contributed by atoms with Crippen molar-refractivity contribution >= 4 is 17.6 Å². The summed E-state index contributed by atoms with van der Waals surface area (Å²) < 4.78 is 5.55. The van der Waals surface area contributed by atoms with Gasteiger partial charge < -0.3 is 15.0 Å². The van der Waals surface area contributed by atoms with Crippen molar-refractivity contribution in [3.63, 3.8) is 0 Å². The maximum Gasteiger partial charge on any atom is 0.323 e. The average molecular weight is 273 g/mol. The Morgan fingerprint density at radius 1 is 1.10 bits per heavy atom. The summed E-state index contributed by atoms with van der Waals surface area (Å²) in [6, 6.07) is 10.2. The molecule has 0 aliphatic carbocycles. The van der Waals surface area contributed by atoms with Crippen LogP contribution in [0.2, 0.25) is 0 Å². The van der Waals surface area contributed by atoms with Crippen LogP contribution in [0.4, 0.5) is 17.6 Å². The molecule has 6 heteroatoms. The van der Waals surface area contributed by atoms with Crippen LogP contribution in [0.1, 0.15) is 13.8 Å². The zero-order valence-electron chi connectivity index (χ0n) is 12.2. The van der Waals surface area contributed by atoms with E-state index in [9.17, 15) is 0 Å². The molecule has 1 aromatic heterocycles. The fourth-order valence-electron chi connectivity index (χ4n) is 1.64. The minimum Gasteiger partial charge on any atom is -0.461 e. The van der Waals surface area contributed by atoms with Crippen LogP contribution in [-0.4, -0.2) is 35.2 Å². The monoisotopic (exact) mass is 273 g/mol. The molecule has 0 amide bonds. The number of anilines is 3. The lowest BCUT2D eigenvalue weighted by molar-refractivity contribution is 0.222. The van der Waals surface area contributed by atoms with Crippen LogP contribution in [0, 0.1) is 0 Å². The molecule has 6 nitrogen and oxygen atoms in total. The lowest BCUT2D eigenvalue weighted by atomic mass is 10.3. The highest BCUT2D eigenvalue weighted by atomic mass is 16.5. The molecule has 106 valence electrons. The predicted octanol–water partition coefficient (Wildman–Crippen LogP) is 2.47. The molecular weight excluding hydrogens is 254 g/mol. The largest absolute Gasteiger partial charge is 0.461 e. The second kappa shape index (κ2) is 6.18. The first kappa shape index (κ1) is 14.0. The second-order valence-electron chi connectivity index (χ2n) is 4.55. The van der Waals surface area contributed by atoms with Gasteiger partial charge in [0.1, 0.15) is 0 Å². The summed E-state index contributed by atoms with van der Waals surface area (Å²) in [7, 11) is 3.67. The van der Waals surface area contributed by atoms with Crippen LogP contribution < -0.4 is 15.0 Å². The van der Waals surface area contributed by atoms with Gasteiger partial charge in [-0.2, -0.15) is 15.0 Å². The molecule has 1 heterocycles. The molecule has 0 fully saturated rings. The topological polar surface area (TPSA) is 63.2 Å². The van der Waals surface area contributed by atoms with E-state index >= 15 is 0 Å². The van der Waals surface area contributed by atoms with Gasteiger partial charge in [-0.25, -0.2) is 0 Å². The minimum absolute atomic E-state index is 0.0111. The van der Waals surface area contributed by atoms with Gasteiger partial charge in [0, 0.05) is 19.8 Å². The normalized spacial score (nSPS) is 10.4. The first-order valence-electron chi connectivity index (χ1n) is 6.49. The van der Waals surface area contributed by atoms with E-state index in [1.807, 2.05) is 56.1 Å². The fraction of sp³-hybridized carbons (Fsp3) is 0.357. The number of nitrogens with zero attached hydrogens (tertiary/aromatic N) is 4. The first-order chi connectivity index (χ1) is 9.60. The minimum atomic E-state index is 0.0111. The number of hydrogen-bond acceptors (Lipinski definition) is 6. The van der Waals surface area contributed by atoms with Crippen LogP contribution in [0.15, 0.2) is 30.3 Å². The highest BCUT2D eigenvalue weighted by molar-refractivity contribution is 5.56. The molecule has 0 aliphatic heterocycles. The quantitative estimate of drug-likeness (QED) is 0.903. The number of para-hydroxylation sites is 1. The van der Waals surface area contributed by atoms with E-state index in [2.05, 4.69) is 20.3 Å². The maximum atomic E-state index is 5.55. The fourth-order valence-corrected chi connectivity index (χ4v) is 1.64. The molecule has 1 aromatic carbocycles. The Morgan fingerprint density at radius 3 is 2.40 bits per heavy atom. The van der Waals surface area contributed by atoms with E-state index in [0.29, 0.717) is 17.9 Å². The van der Waals surface area contributed by atoms with Crippen LogP contribution in [0.3, 0.4) is 0 Å². The molecule has 0 radical (unpaired) electrons. The Bertz CT molecular complexity index is 559. The summed E-state index contributed by atoms with van der Waals surface area (Å²) in [6.45, 7) is 3.87. The number of ether oxygens (including phenoxy) is 1. The van der Waals surface area contributed by atoms with E-state index in [4.69, 9.17) is 4.74 Å². The molecule has 0 saturated heterocycles. The van der Waals surface area contributed by atoms with E-state index < -0.39 is 0 Å². The van der Waals surface area contributed by atoms with E-state index in [1.165, 1.54) is 0 Å². The number of aromatic nitrogens is 3. The predicted molar refractivity (Wildman–Crippen MR) is 79.6 cm³/mol. The van der Waals surface area contributed by atoms with Crippen molar-refractivity contribution in [1.82, 2.24) is 15.0 Å². The third-order valence-electron chi connectivity index (χ3n) is 2.61. The number of rotatable bonds is 5. The van der Waals surface area contributed by atoms with E-state index in [0.717, 1.165) is 5.69 Å². The van der Waals surface area contributed by atoms with Gasteiger partial charge in [0.2, 0.25) is 11.9 Å². The molecule has 2 aromatic rings. The van der Waals surface area contributed by atoms with Gasteiger partial charge in [-0.3, -0.25) is 0 Å². The smallest absolute Gasteiger partial charge is 0.323 e. The molecule has 0 spiro atoms. The van der Waals surface area contributed by atoms with Crippen molar-refractivity contribution < 1.29 is 4.74 Å². The van der Waals surface area contributed by atoms with Crippen molar-refractivity contribution in [2.75, 3.05) is 24.3 Å². The van der Waals surface area contributed by atoms with Gasteiger partial charge in [0.25, 0.3) is 0 Å². The first-order valence-corrected chi connectivity index (χ1v) is 6.49. The molecule has 0 saturated carbocycles. The Balaban J connectivity index is 2.35. The van der Waals surface area contributed by atoms with Crippen molar-refractivity contribution in [2.45, 2.75) is 20.0 Å². The summed E-state index contributed by atoms with van der Waals surface area (Å²) in [5.41, 5.74) is 0.997. The third-order valence-corrected chi connectivity index (χ3v) is 2.61. The Morgan fingerprint density at radius 2 is 1.80 bits per heavy atom. The maximum absolute atomic E-state index is 5.55. The van der Waals surface area contributed by atoms with Crippen LogP contribution in [-0.2, 0) is 0 Å². The van der Waals surface area contributed by atoms with Gasteiger partial charge in [-0.1, -0.05) is 18.2 Å². The van der Waals surface area contributed by atoms with Crippen LogP contribution >= 0.6 is 0 Å².